The normalized spacial score (nSPS) is 22.1. The van der Waals surface area contributed by atoms with Crippen LogP contribution in [0.1, 0.15) is 51.8 Å². The Morgan fingerprint density at radius 1 is 1.52 bits per heavy atom. The van der Waals surface area contributed by atoms with Gasteiger partial charge in [-0.1, -0.05) is 13.3 Å². The standard InChI is InChI=1S/C13H24N4O2S2/c1-4-14-11(3)12-9-20-13(15-12)16-21(18,19)17-8-6-5-7-10(17)2/h9-11,14H,4-8H2,1-3H3,(H,15,16). The summed E-state index contributed by atoms with van der Waals surface area (Å²) in [5, 5.41) is 5.60. The van der Waals surface area contributed by atoms with E-state index in [1.807, 2.05) is 26.2 Å². The Labute approximate surface area is 131 Å². The van der Waals surface area contributed by atoms with Crippen molar-refractivity contribution in [1.29, 1.82) is 0 Å². The summed E-state index contributed by atoms with van der Waals surface area (Å²) < 4.78 is 29.0. The fourth-order valence-electron chi connectivity index (χ4n) is 2.54. The van der Waals surface area contributed by atoms with E-state index < -0.39 is 10.2 Å². The van der Waals surface area contributed by atoms with Crippen LogP contribution in [0.4, 0.5) is 5.13 Å². The van der Waals surface area contributed by atoms with Gasteiger partial charge in [0.2, 0.25) is 0 Å². The summed E-state index contributed by atoms with van der Waals surface area (Å²) in [6, 6.07) is 0.176. The van der Waals surface area contributed by atoms with Gasteiger partial charge >= 0.3 is 10.2 Å². The van der Waals surface area contributed by atoms with Crippen LogP contribution < -0.4 is 10.0 Å². The molecule has 0 amide bonds. The number of nitrogens with one attached hydrogen (secondary N) is 2. The zero-order valence-electron chi connectivity index (χ0n) is 12.8. The molecule has 0 radical (unpaired) electrons. The highest BCUT2D eigenvalue weighted by atomic mass is 32.2. The van der Waals surface area contributed by atoms with Gasteiger partial charge < -0.3 is 5.32 Å². The second-order valence-electron chi connectivity index (χ2n) is 5.42. The molecule has 0 aromatic carbocycles. The number of rotatable bonds is 6. The largest absolute Gasteiger partial charge is 0.309 e. The molecular formula is C13H24N4O2S2. The summed E-state index contributed by atoms with van der Waals surface area (Å²) in [7, 11) is -3.50. The average molecular weight is 332 g/mol. The second-order valence-corrected chi connectivity index (χ2v) is 7.90. The Bertz CT molecular complexity index is 558. The van der Waals surface area contributed by atoms with E-state index in [0.717, 1.165) is 31.5 Å². The lowest BCUT2D eigenvalue weighted by molar-refractivity contribution is 0.270. The zero-order valence-corrected chi connectivity index (χ0v) is 14.4. The van der Waals surface area contributed by atoms with Gasteiger partial charge in [-0.3, -0.25) is 0 Å². The van der Waals surface area contributed by atoms with E-state index in [1.54, 1.807) is 4.31 Å². The molecule has 1 aromatic rings. The van der Waals surface area contributed by atoms with Crippen LogP contribution in [0.5, 0.6) is 0 Å². The maximum Gasteiger partial charge on any atom is 0.303 e. The topological polar surface area (TPSA) is 74.3 Å². The zero-order chi connectivity index (χ0) is 15.5. The molecule has 0 saturated carbocycles. The third-order valence-corrected chi connectivity index (χ3v) is 6.26. The highest BCUT2D eigenvalue weighted by molar-refractivity contribution is 7.90. The van der Waals surface area contributed by atoms with Crippen LogP contribution in [0.15, 0.2) is 5.38 Å². The van der Waals surface area contributed by atoms with Gasteiger partial charge in [0.05, 0.1) is 5.69 Å². The number of thiazole rings is 1. The summed E-state index contributed by atoms with van der Waals surface area (Å²) in [6.45, 7) is 7.44. The Kier molecular flexibility index (Phi) is 5.59. The summed E-state index contributed by atoms with van der Waals surface area (Å²) >= 11 is 1.33. The minimum absolute atomic E-state index is 0.0522. The number of anilines is 1. The maximum absolute atomic E-state index is 12.4. The first-order valence-corrected chi connectivity index (χ1v) is 9.74. The summed E-state index contributed by atoms with van der Waals surface area (Å²) in [4.78, 5) is 4.37. The molecule has 21 heavy (non-hydrogen) atoms. The Morgan fingerprint density at radius 3 is 2.95 bits per heavy atom. The molecule has 2 heterocycles. The fraction of sp³-hybridized carbons (Fsp3) is 0.769. The van der Waals surface area contributed by atoms with Gasteiger partial charge in [0, 0.05) is 24.0 Å². The van der Waals surface area contributed by atoms with E-state index in [1.165, 1.54) is 11.3 Å². The molecule has 6 nitrogen and oxygen atoms in total. The van der Waals surface area contributed by atoms with Crippen molar-refractivity contribution in [2.75, 3.05) is 17.8 Å². The van der Waals surface area contributed by atoms with Crippen LogP contribution >= 0.6 is 11.3 Å². The number of hydrogen-bond acceptors (Lipinski definition) is 5. The molecule has 2 rings (SSSR count). The van der Waals surface area contributed by atoms with Crippen molar-refractivity contribution in [1.82, 2.24) is 14.6 Å². The average Bonchev–Trinajstić information content (AvgIpc) is 2.87. The van der Waals surface area contributed by atoms with Gasteiger partial charge in [-0.2, -0.15) is 12.7 Å². The molecule has 0 aliphatic carbocycles. The minimum atomic E-state index is -3.50. The molecule has 1 aliphatic rings. The van der Waals surface area contributed by atoms with Crippen molar-refractivity contribution < 1.29 is 8.42 Å². The van der Waals surface area contributed by atoms with Crippen LogP contribution in [-0.2, 0) is 10.2 Å². The number of piperidine rings is 1. The molecule has 1 saturated heterocycles. The molecule has 8 heteroatoms. The monoisotopic (exact) mass is 332 g/mol. The van der Waals surface area contributed by atoms with Crippen LogP contribution in [0.3, 0.4) is 0 Å². The van der Waals surface area contributed by atoms with Crippen LogP contribution in [0, 0.1) is 0 Å². The maximum atomic E-state index is 12.4. The predicted octanol–water partition coefficient (Wildman–Crippen LogP) is 2.34. The number of nitrogens with zero attached hydrogens (tertiary/aromatic N) is 2. The van der Waals surface area contributed by atoms with E-state index in [0.29, 0.717) is 11.7 Å². The van der Waals surface area contributed by atoms with Gasteiger partial charge in [0.15, 0.2) is 5.13 Å². The van der Waals surface area contributed by atoms with Crippen molar-refractivity contribution in [3.8, 4) is 0 Å². The lowest BCUT2D eigenvalue weighted by Gasteiger charge is -2.31. The molecule has 2 unspecified atom stereocenters. The highest BCUT2D eigenvalue weighted by Crippen LogP contribution is 2.25. The van der Waals surface area contributed by atoms with Crippen LogP contribution in [-0.4, -0.2) is 36.8 Å². The van der Waals surface area contributed by atoms with Crippen molar-refractivity contribution in [3.63, 3.8) is 0 Å². The molecule has 2 N–H and O–H groups in total. The third-order valence-electron chi connectivity index (χ3n) is 3.74. The van der Waals surface area contributed by atoms with E-state index in [9.17, 15) is 8.42 Å². The lowest BCUT2D eigenvalue weighted by atomic mass is 10.1. The van der Waals surface area contributed by atoms with E-state index >= 15 is 0 Å². The number of aromatic nitrogens is 1. The van der Waals surface area contributed by atoms with Crippen molar-refractivity contribution in [3.05, 3.63) is 11.1 Å². The summed E-state index contributed by atoms with van der Waals surface area (Å²) in [5.41, 5.74) is 0.867. The third kappa shape index (κ3) is 4.15. The second kappa shape index (κ2) is 7.04. The molecule has 0 spiro atoms. The quantitative estimate of drug-likeness (QED) is 0.838. The van der Waals surface area contributed by atoms with Crippen molar-refractivity contribution in [2.45, 2.75) is 52.1 Å². The van der Waals surface area contributed by atoms with Crippen LogP contribution in [0.25, 0.3) is 0 Å². The summed E-state index contributed by atoms with van der Waals surface area (Å²) in [5.74, 6) is 0. The first-order chi connectivity index (χ1) is 9.94. The highest BCUT2D eigenvalue weighted by Gasteiger charge is 2.30. The Morgan fingerprint density at radius 2 is 2.29 bits per heavy atom. The smallest absolute Gasteiger partial charge is 0.303 e. The predicted molar refractivity (Wildman–Crippen MR) is 86.8 cm³/mol. The van der Waals surface area contributed by atoms with Gasteiger partial charge in [-0.25, -0.2) is 9.71 Å². The Balaban J connectivity index is 2.06. The van der Waals surface area contributed by atoms with Gasteiger partial charge in [-0.15, -0.1) is 11.3 Å². The van der Waals surface area contributed by atoms with Gasteiger partial charge in [-0.05, 0) is 33.2 Å². The Hall–Kier alpha value is -0.700. The van der Waals surface area contributed by atoms with Crippen LogP contribution in [0.2, 0.25) is 0 Å². The van der Waals surface area contributed by atoms with Gasteiger partial charge in [0.1, 0.15) is 0 Å². The SMILES string of the molecule is CCNC(C)c1csc(NS(=O)(=O)N2CCCCC2C)n1. The number of hydrogen-bond donors (Lipinski definition) is 2. The van der Waals surface area contributed by atoms with E-state index in [4.69, 9.17) is 0 Å². The fourth-order valence-corrected chi connectivity index (χ4v) is 5.03. The van der Waals surface area contributed by atoms with E-state index in [2.05, 4.69) is 15.0 Å². The lowest BCUT2D eigenvalue weighted by Crippen LogP contribution is -2.44. The molecule has 120 valence electrons. The van der Waals surface area contributed by atoms with Crippen molar-refractivity contribution >= 4 is 26.7 Å². The summed E-state index contributed by atoms with van der Waals surface area (Å²) in [6.07, 6.45) is 2.93. The molecular weight excluding hydrogens is 308 g/mol. The molecule has 0 bridgehead atoms. The molecule has 1 aromatic heterocycles. The van der Waals surface area contributed by atoms with Gasteiger partial charge in [0.25, 0.3) is 0 Å². The molecule has 1 aliphatic heterocycles. The first-order valence-electron chi connectivity index (χ1n) is 7.42. The molecule has 1 fully saturated rings. The van der Waals surface area contributed by atoms with E-state index in [-0.39, 0.29) is 12.1 Å². The minimum Gasteiger partial charge on any atom is -0.309 e. The first kappa shape index (κ1) is 16.7. The molecule has 2 atom stereocenters. The van der Waals surface area contributed by atoms with Crippen molar-refractivity contribution in [2.24, 2.45) is 0 Å².